The first-order valence-electron chi connectivity index (χ1n) is 9.69. The Hall–Kier alpha value is -3.12. The molecule has 3 rings (SSSR count). The van der Waals surface area contributed by atoms with Crippen molar-refractivity contribution in [3.05, 3.63) is 58.1 Å². The van der Waals surface area contributed by atoms with Crippen LogP contribution in [0.15, 0.2) is 36.0 Å². The lowest BCUT2D eigenvalue weighted by atomic mass is 9.98. The number of carbonyl (C=O) groups is 1. The summed E-state index contributed by atoms with van der Waals surface area (Å²) in [6.45, 7) is 1.50. The van der Waals surface area contributed by atoms with Crippen LogP contribution in [0.4, 0.5) is 13.2 Å². The molecule has 12 heteroatoms. The second-order valence-electron chi connectivity index (χ2n) is 7.37. The van der Waals surface area contributed by atoms with Crippen LogP contribution in [0.2, 0.25) is 0 Å². The average molecular weight is 485 g/mol. The number of halogens is 3. The molecule has 2 atom stereocenters. The lowest BCUT2D eigenvalue weighted by Crippen LogP contribution is -2.46. The topological polar surface area (TPSA) is 98.5 Å². The molecule has 1 amide bonds. The largest absolute Gasteiger partial charge is 0.497 e. The Bertz CT molecular complexity index is 1110. The Kier molecular flexibility index (Phi) is 6.98. The van der Waals surface area contributed by atoms with Crippen LogP contribution in [0.1, 0.15) is 34.6 Å². The highest BCUT2D eigenvalue weighted by molar-refractivity contribution is 7.09. The number of nitrogens with zero attached hydrogens (tertiary/aromatic N) is 3. The lowest BCUT2D eigenvalue weighted by molar-refractivity contribution is -0.267. The predicted molar refractivity (Wildman–Crippen MR) is 114 cm³/mol. The number of methoxy groups -OCH3 is 2. The van der Waals surface area contributed by atoms with Crippen LogP contribution in [0.3, 0.4) is 0 Å². The molecule has 8 nitrogen and oxygen atoms in total. The number of ether oxygens (including phenoxy) is 2. The van der Waals surface area contributed by atoms with Gasteiger partial charge in [0.25, 0.3) is 0 Å². The summed E-state index contributed by atoms with van der Waals surface area (Å²) in [6, 6.07) is 3.90. The Balaban J connectivity index is 1.98. The summed E-state index contributed by atoms with van der Waals surface area (Å²) in [6.07, 6.45) is -3.26. The molecule has 0 radical (unpaired) electrons. The van der Waals surface area contributed by atoms with Crippen LogP contribution in [-0.2, 0) is 17.4 Å². The highest BCUT2D eigenvalue weighted by atomic mass is 32.1. The summed E-state index contributed by atoms with van der Waals surface area (Å²) in [7, 11) is 4.59. The third-order valence-corrected chi connectivity index (χ3v) is 6.10. The van der Waals surface area contributed by atoms with Crippen LogP contribution in [0, 0.1) is 6.92 Å². The number of imidazole rings is 1. The maximum absolute atomic E-state index is 13.8. The molecule has 0 saturated heterocycles. The van der Waals surface area contributed by atoms with Crippen molar-refractivity contribution < 1.29 is 32.5 Å². The van der Waals surface area contributed by atoms with Gasteiger partial charge in [0.15, 0.2) is 0 Å². The standard InChI is InChI=1S/C21H23F3N4O4S/c1-12-11-33-19(26-12)20(30,21(22,23)24)10-16(29)27-17(18-25-5-6-28(18)2)13-7-14(31-3)9-15(8-13)32-4/h5-9,11,17,30H,10H2,1-4H3,(H,27,29). The zero-order chi connectivity index (χ0) is 24.4. The molecule has 2 N–H and O–H groups in total. The van der Waals surface area contributed by atoms with E-state index in [0.717, 1.165) is 0 Å². The normalized spacial score (nSPS) is 14.4. The number of amides is 1. The van der Waals surface area contributed by atoms with E-state index in [-0.39, 0.29) is 0 Å². The molecule has 2 heterocycles. The van der Waals surface area contributed by atoms with Crippen LogP contribution in [0.5, 0.6) is 11.5 Å². The smallest absolute Gasteiger partial charge is 0.424 e. The summed E-state index contributed by atoms with van der Waals surface area (Å²) >= 11 is 0.640. The molecule has 0 aliphatic heterocycles. The fourth-order valence-corrected chi connectivity index (χ4v) is 4.15. The molecule has 0 fully saturated rings. The highest BCUT2D eigenvalue weighted by Crippen LogP contribution is 2.43. The van der Waals surface area contributed by atoms with E-state index in [1.807, 2.05) is 0 Å². The average Bonchev–Trinajstić information content (AvgIpc) is 3.39. The first kappa shape index (κ1) is 24.5. The van der Waals surface area contributed by atoms with Gasteiger partial charge < -0.3 is 24.5 Å². The number of benzene rings is 1. The van der Waals surface area contributed by atoms with Crippen molar-refractivity contribution >= 4 is 17.2 Å². The van der Waals surface area contributed by atoms with E-state index < -0.39 is 35.2 Å². The Morgan fingerprint density at radius 1 is 1.24 bits per heavy atom. The summed E-state index contributed by atoms with van der Waals surface area (Å²) in [4.78, 5) is 20.9. The SMILES string of the molecule is COc1cc(OC)cc(C(NC(=O)CC(O)(c2nc(C)cs2)C(F)(F)F)c2nccn2C)c1. The minimum absolute atomic E-state index is 0.312. The van der Waals surface area contributed by atoms with Crippen LogP contribution >= 0.6 is 11.3 Å². The van der Waals surface area contributed by atoms with Crippen molar-refractivity contribution in [2.75, 3.05) is 14.2 Å². The minimum atomic E-state index is -5.12. The minimum Gasteiger partial charge on any atom is -0.497 e. The molecule has 0 spiro atoms. The number of alkyl halides is 3. The van der Waals surface area contributed by atoms with Crippen molar-refractivity contribution in [3.63, 3.8) is 0 Å². The van der Waals surface area contributed by atoms with Gasteiger partial charge in [0.05, 0.1) is 20.6 Å². The van der Waals surface area contributed by atoms with Crippen molar-refractivity contribution in [2.24, 2.45) is 7.05 Å². The number of aliphatic hydroxyl groups is 1. The molecule has 0 saturated carbocycles. The molecular weight excluding hydrogens is 461 g/mol. The van der Waals surface area contributed by atoms with E-state index >= 15 is 0 Å². The molecule has 2 unspecified atom stereocenters. The van der Waals surface area contributed by atoms with Gasteiger partial charge in [0.1, 0.15) is 28.4 Å². The van der Waals surface area contributed by atoms with Gasteiger partial charge in [-0.25, -0.2) is 9.97 Å². The van der Waals surface area contributed by atoms with Gasteiger partial charge in [-0.15, -0.1) is 11.3 Å². The van der Waals surface area contributed by atoms with Crippen molar-refractivity contribution in [1.82, 2.24) is 19.9 Å². The van der Waals surface area contributed by atoms with Gasteiger partial charge in [0.2, 0.25) is 11.5 Å². The molecule has 0 aliphatic carbocycles. The van der Waals surface area contributed by atoms with Crippen LogP contribution < -0.4 is 14.8 Å². The van der Waals surface area contributed by atoms with Gasteiger partial charge in [0, 0.05) is 36.6 Å². The second kappa shape index (κ2) is 9.40. The zero-order valence-electron chi connectivity index (χ0n) is 18.3. The monoisotopic (exact) mass is 484 g/mol. The maximum Gasteiger partial charge on any atom is 0.424 e. The molecular formula is C21H23F3N4O4S. The third-order valence-electron chi connectivity index (χ3n) is 4.99. The Labute approximate surface area is 192 Å². The number of hydrogen-bond acceptors (Lipinski definition) is 7. The maximum atomic E-state index is 13.8. The Morgan fingerprint density at radius 2 is 1.88 bits per heavy atom. The number of thiazole rings is 1. The number of aryl methyl sites for hydroxylation is 2. The predicted octanol–water partition coefficient (Wildman–Crippen LogP) is 3.25. The number of hydrogen-bond donors (Lipinski definition) is 2. The highest BCUT2D eigenvalue weighted by Gasteiger charge is 2.58. The van der Waals surface area contributed by atoms with Crippen molar-refractivity contribution in [3.8, 4) is 11.5 Å². The van der Waals surface area contributed by atoms with E-state index in [0.29, 0.717) is 39.9 Å². The van der Waals surface area contributed by atoms with Crippen LogP contribution in [0.25, 0.3) is 0 Å². The van der Waals surface area contributed by atoms with E-state index in [1.54, 1.807) is 36.0 Å². The summed E-state index contributed by atoms with van der Waals surface area (Å²) in [5, 5.41) is 13.9. The van der Waals surface area contributed by atoms with E-state index in [2.05, 4.69) is 15.3 Å². The molecule has 0 bridgehead atoms. The summed E-state index contributed by atoms with van der Waals surface area (Å²) in [5.74, 6) is 0.155. The van der Waals surface area contributed by atoms with E-state index in [1.165, 1.54) is 32.7 Å². The van der Waals surface area contributed by atoms with Gasteiger partial charge in [-0.05, 0) is 24.6 Å². The molecule has 2 aromatic heterocycles. The molecule has 3 aromatic rings. The van der Waals surface area contributed by atoms with Gasteiger partial charge in [-0.2, -0.15) is 13.2 Å². The third kappa shape index (κ3) is 5.11. The first-order chi connectivity index (χ1) is 15.5. The molecule has 1 aromatic carbocycles. The number of rotatable bonds is 8. The van der Waals surface area contributed by atoms with Crippen molar-refractivity contribution in [1.29, 1.82) is 0 Å². The number of aromatic nitrogens is 3. The quantitative estimate of drug-likeness (QED) is 0.510. The van der Waals surface area contributed by atoms with E-state index in [9.17, 15) is 23.1 Å². The molecule has 178 valence electrons. The molecule has 0 aliphatic rings. The van der Waals surface area contributed by atoms with Gasteiger partial charge in [-0.1, -0.05) is 0 Å². The second-order valence-corrected chi connectivity index (χ2v) is 8.23. The number of carbonyl (C=O) groups excluding carboxylic acids is 1. The summed E-state index contributed by atoms with van der Waals surface area (Å²) in [5.41, 5.74) is -2.66. The Morgan fingerprint density at radius 3 is 2.33 bits per heavy atom. The van der Waals surface area contributed by atoms with Crippen LogP contribution in [-0.4, -0.2) is 45.9 Å². The fourth-order valence-electron chi connectivity index (χ4n) is 3.23. The van der Waals surface area contributed by atoms with Gasteiger partial charge >= 0.3 is 6.18 Å². The van der Waals surface area contributed by atoms with Crippen molar-refractivity contribution in [2.45, 2.75) is 31.2 Å². The van der Waals surface area contributed by atoms with E-state index in [4.69, 9.17) is 9.47 Å². The zero-order valence-corrected chi connectivity index (χ0v) is 19.1. The summed E-state index contributed by atoms with van der Waals surface area (Å²) < 4.78 is 53.7. The molecule has 33 heavy (non-hydrogen) atoms. The lowest BCUT2D eigenvalue weighted by Gasteiger charge is -2.29. The fraction of sp³-hybridized carbons (Fsp3) is 0.381. The first-order valence-corrected chi connectivity index (χ1v) is 10.6. The van der Waals surface area contributed by atoms with Gasteiger partial charge in [-0.3, -0.25) is 4.79 Å². The number of nitrogens with one attached hydrogen (secondary N) is 1.